The molecular weight excluding hydrogens is 443 g/mol. The van der Waals surface area contributed by atoms with Crippen molar-refractivity contribution in [1.82, 2.24) is 16.2 Å². The van der Waals surface area contributed by atoms with Crippen LogP contribution in [-0.2, 0) is 14.4 Å². The zero-order chi connectivity index (χ0) is 22.8. The highest BCUT2D eigenvalue weighted by atomic mass is 35.5. The van der Waals surface area contributed by atoms with Gasteiger partial charge in [0.2, 0.25) is 17.7 Å². The van der Waals surface area contributed by atoms with Crippen molar-refractivity contribution in [1.29, 1.82) is 0 Å². The van der Waals surface area contributed by atoms with E-state index < -0.39 is 11.8 Å². The number of halogens is 2. The fraction of sp³-hybridized carbons (Fsp3) is 0.143. The van der Waals surface area contributed by atoms with Gasteiger partial charge in [0.25, 0.3) is 0 Å². The van der Waals surface area contributed by atoms with Crippen LogP contribution in [-0.4, -0.2) is 22.8 Å². The molecule has 0 spiro atoms. The molecule has 2 aromatic rings. The molecule has 3 amide bonds. The summed E-state index contributed by atoms with van der Waals surface area (Å²) in [5, 5.41) is 5.44. The summed E-state index contributed by atoms with van der Waals surface area (Å²) in [7, 11) is 0. The molecule has 0 aliphatic carbocycles. The molecular formula is C21H20ClFN4O3S. The predicted molar refractivity (Wildman–Crippen MR) is 122 cm³/mol. The lowest BCUT2D eigenvalue weighted by atomic mass is 10.2. The molecule has 0 heterocycles. The van der Waals surface area contributed by atoms with E-state index in [4.69, 9.17) is 23.8 Å². The van der Waals surface area contributed by atoms with Gasteiger partial charge >= 0.3 is 0 Å². The first-order valence-corrected chi connectivity index (χ1v) is 9.91. The summed E-state index contributed by atoms with van der Waals surface area (Å²) in [6.45, 7) is 1.78. The van der Waals surface area contributed by atoms with E-state index in [1.165, 1.54) is 36.4 Å². The van der Waals surface area contributed by atoms with Gasteiger partial charge in [0.05, 0.1) is 0 Å². The number of carbonyl (C=O) groups is 3. The third-order valence-electron chi connectivity index (χ3n) is 3.97. The number of nitrogens with one attached hydrogen (secondary N) is 4. The van der Waals surface area contributed by atoms with Gasteiger partial charge in [-0.2, -0.15) is 0 Å². The lowest BCUT2D eigenvalue weighted by Crippen LogP contribution is -2.48. The Bertz CT molecular complexity index is 1010. The first kappa shape index (κ1) is 24.0. The van der Waals surface area contributed by atoms with Crippen LogP contribution < -0.4 is 21.5 Å². The molecule has 0 aromatic heterocycles. The first-order valence-electron chi connectivity index (χ1n) is 9.13. The van der Waals surface area contributed by atoms with Crippen molar-refractivity contribution in [3.63, 3.8) is 0 Å². The summed E-state index contributed by atoms with van der Waals surface area (Å²) < 4.78 is 12.8. The van der Waals surface area contributed by atoms with E-state index in [0.29, 0.717) is 16.3 Å². The number of hydrogen-bond donors (Lipinski definition) is 4. The minimum absolute atomic E-state index is 0.0566. The van der Waals surface area contributed by atoms with Crippen LogP contribution in [0.5, 0.6) is 0 Å². The van der Waals surface area contributed by atoms with Crippen LogP contribution in [0.15, 0.2) is 48.5 Å². The van der Waals surface area contributed by atoms with E-state index in [0.717, 1.165) is 5.56 Å². The molecule has 31 heavy (non-hydrogen) atoms. The average Bonchev–Trinajstić information content (AvgIpc) is 2.73. The van der Waals surface area contributed by atoms with E-state index in [1.807, 2.05) is 0 Å². The van der Waals surface area contributed by atoms with Crippen molar-refractivity contribution in [2.45, 2.75) is 19.8 Å². The van der Waals surface area contributed by atoms with E-state index in [1.54, 1.807) is 25.1 Å². The monoisotopic (exact) mass is 462 g/mol. The van der Waals surface area contributed by atoms with Crippen molar-refractivity contribution in [3.05, 3.63) is 70.5 Å². The normalized spacial score (nSPS) is 10.4. The van der Waals surface area contributed by atoms with Gasteiger partial charge < -0.3 is 5.32 Å². The molecule has 0 saturated carbocycles. The van der Waals surface area contributed by atoms with Crippen molar-refractivity contribution in [2.75, 3.05) is 5.32 Å². The molecule has 0 atom stereocenters. The molecule has 4 N–H and O–H groups in total. The van der Waals surface area contributed by atoms with Gasteiger partial charge in [-0.05, 0) is 60.6 Å². The van der Waals surface area contributed by atoms with Gasteiger partial charge in [0, 0.05) is 29.6 Å². The van der Waals surface area contributed by atoms with Gasteiger partial charge in [-0.1, -0.05) is 29.8 Å². The molecule has 7 nitrogen and oxygen atoms in total. The molecule has 0 fully saturated rings. The summed E-state index contributed by atoms with van der Waals surface area (Å²) >= 11 is 10.9. The first-order chi connectivity index (χ1) is 14.7. The highest BCUT2D eigenvalue weighted by Gasteiger charge is 2.10. The van der Waals surface area contributed by atoms with Crippen LogP contribution in [0.25, 0.3) is 6.08 Å². The van der Waals surface area contributed by atoms with Gasteiger partial charge in [-0.25, -0.2) is 4.39 Å². The van der Waals surface area contributed by atoms with Crippen molar-refractivity contribution in [2.24, 2.45) is 0 Å². The van der Waals surface area contributed by atoms with Crippen LogP contribution in [0.2, 0.25) is 5.02 Å². The van der Waals surface area contributed by atoms with Crippen molar-refractivity contribution < 1.29 is 18.8 Å². The topological polar surface area (TPSA) is 99.3 Å². The number of rotatable bonds is 6. The number of benzene rings is 2. The molecule has 2 rings (SSSR count). The van der Waals surface area contributed by atoms with Crippen LogP contribution >= 0.6 is 23.8 Å². The van der Waals surface area contributed by atoms with E-state index in [-0.39, 0.29) is 29.7 Å². The maximum absolute atomic E-state index is 12.8. The van der Waals surface area contributed by atoms with Gasteiger partial charge in [-0.15, -0.1) is 0 Å². The Labute approximate surface area is 189 Å². The third-order valence-corrected chi connectivity index (χ3v) is 4.58. The number of hydrogen-bond acceptors (Lipinski definition) is 4. The number of amides is 3. The average molecular weight is 463 g/mol. The lowest BCUT2D eigenvalue weighted by molar-refractivity contribution is -0.124. The SMILES string of the molecule is Cc1c(Cl)cccc1NC(=O)CCC(=O)NNC(=S)NC(=O)/C=C/c1ccc(F)cc1. The maximum Gasteiger partial charge on any atom is 0.250 e. The molecule has 0 aliphatic rings. The molecule has 0 saturated heterocycles. The fourth-order valence-electron chi connectivity index (χ4n) is 2.30. The van der Waals surface area contributed by atoms with Crippen LogP contribution in [0.1, 0.15) is 24.0 Å². The fourth-order valence-corrected chi connectivity index (χ4v) is 2.63. The predicted octanol–water partition coefficient (Wildman–Crippen LogP) is 3.24. The van der Waals surface area contributed by atoms with Crippen LogP contribution in [0, 0.1) is 12.7 Å². The van der Waals surface area contributed by atoms with E-state index in [2.05, 4.69) is 21.5 Å². The van der Waals surface area contributed by atoms with Crippen LogP contribution in [0.3, 0.4) is 0 Å². The minimum atomic E-state index is -0.535. The highest BCUT2D eigenvalue weighted by molar-refractivity contribution is 7.80. The van der Waals surface area contributed by atoms with Gasteiger partial charge in [0.1, 0.15) is 5.82 Å². The Balaban J connectivity index is 1.68. The smallest absolute Gasteiger partial charge is 0.250 e. The molecule has 2 aromatic carbocycles. The van der Waals surface area contributed by atoms with Gasteiger partial charge in [0.15, 0.2) is 5.11 Å². The summed E-state index contributed by atoms with van der Waals surface area (Å²) in [6.07, 6.45) is 2.54. The summed E-state index contributed by atoms with van der Waals surface area (Å²) in [4.78, 5) is 35.7. The van der Waals surface area contributed by atoms with Crippen molar-refractivity contribution >= 4 is 58.4 Å². The Morgan fingerprint density at radius 1 is 1.03 bits per heavy atom. The molecule has 0 unspecified atom stereocenters. The third kappa shape index (κ3) is 8.53. The Kier molecular flexibility index (Phi) is 9.11. The summed E-state index contributed by atoms with van der Waals surface area (Å²) in [5.41, 5.74) is 6.62. The van der Waals surface area contributed by atoms with E-state index >= 15 is 0 Å². The second-order valence-corrected chi connectivity index (χ2v) is 7.15. The Hall–Kier alpha value is -3.30. The minimum Gasteiger partial charge on any atom is -0.326 e. The quantitative estimate of drug-likeness (QED) is 0.300. The number of anilines is 1. The number of thiocarbonyl (C=S) groups is 1. The zero-order valence-electron chi connectivity index (χ0n) is 16.5. The molecule has 0 aliphatic heterocycles. The maximum atomic E-state index is 12.8. The molecule has 0 bridgehead atoms. The second kappa shape index (κ2) is 11.8. The lowest BCUT2D eigenvalue weighted by Gasteiger charge is -2.11. The number of hydrazine groups is 1. The summed E-state index contributed by atoms with van der Waals surface area (Å²) in [6, 6.07) is 10.7. The zero-order valence-corrected chi connectivity index (χ0v) is 18.1. The summed E-state index contributed by atoms with van der Waals surface area (Å²) in [5.74, 6) is -1.74. The largest absolute Gasteiger partial charge is 0.326 e. The highest BCUT2D eigenvalue weighted by Crippen LogP contribution is 2.23. The Morgan fingerprint density at radius 3 is 2.42 bits per heavy atom. The standard InChI is InChI=1S/C21H20ClFN4O3S/c1-13-16(22)3-2-4-17(13)24-18(28)11-12-20(30)26-27-21(31)25-19(29)10-7-14-5-8-15(23)9-6-14/h2-10H,11-12H2,1H3,(H,24,28)(H,26,30)(H2,25,27,29,31)/b10-7+. The molecule has 10 heteroatoms. The van der Waals surface area contributed by atoms with E-state index in [9.17, 15) is 18.8 Å². The molecule has 162 valence electrons. The van der Waals surface area contributed by atoms with Crippen molar-refractivity contribution in [3.8, 4) is 0 Å². The molecule has 0 radical (unpaired) electrons. The number of carbonyl (C=O) groups excluding carboxylic acids is 3. The van der Waals surface area contributed by atoms with Gasteiger partial charge in [-0.3, -0.25) is 30.6 Å². The Morgan fingerprint density at radius 2 is 1.71 bits per heavy atom. The second-order valence-electron chi connectivity index (χ2n) is 6.34. The van der Waals surface area contributed by atoms with Crippen LogP contribution in [0.4, 0.5) is 10.1 Å².